The molecule has 0 bridgehead atoms. The van der Waals surface area contributed by atoms with Crippen molar-refractivity contribution < 1.29 is 9.90 Å². The second-order valence-corrected chi connectivity index (χ2v) is 5.64. The van der Waals surface area contributed by atoms with Crippen molar-refractivity contribution in [3.05, 3.63) is 0 Å². The Morgan fingerprint density at radius 3 is 2.69 bits per heavy atom. The van der Waals surface area contributed by atoms with Crippen LogP contribution in [0.5, 0.6) is 0 Å². The van der Waals surface area contributed by atoms with Crippen LogP contribution in [0.1, 0.15) is 45.4 Å². The molecule has 0 amide bonds. The zero-order chi connectivity index (χ0) is 11.6. The number of piperidine rings is 1. The van der Waals surface area contributed by atoms with Gasteiger partial charge in [-0.15, -0.1) is 0 Å². The molecule has 0 spiro atoms. The monoisotopic (exact) mass is 225 g/mol. The van der Waals surface area contributed by atoms with E-state index in [9.17, 15) is 9.90 Å². The summed E-state index contributed by atoms with van der Waals surface area (Å²) in [4.78, 5) is 13.7. The molecule has 3 heteroatoms. The van der Waals surface area contributed by atoms with Gasteiger partial charge in [-0.1, -0.05) is 26.2 Å². The lowest BCUT2D eigenvalue weighted by atomic mass is 9.84. The molecule has 1 unspecified atom stereocenters. The predicted octanol–water partition coefficient (Wildman–Crippen LogP) is 1.59. The van der Waals surface area contributed by atoms with Gasteiger partial charge in [-0.05, 0) is 12.8 Å². The molecule has 1 N–H and O–H groups in total. The highest BCUT2D eigenvalue weighted by Crippen LogP contribution is 2.29. The fraction of sp³-hybridized carbons (Fsp3) is 0.923. The van der Waals surface area contributed by atoms with Gasteiger partial charge in [0.05, 0.1) is 5.60 Å². The number of aliphatic hydroxyl groups is 1. The summed E-state index contributed by atoms with van der Waals surface area (Å²) in [6.07, 6.45) is 6.10. The molecule has 1 aliphatic heterocycles. The maximum Gasteiger partial charge on any atom is 0.138 e. The Kier molecular flexibility index (Phi) is 3.65. The van der Waals surface area contributed by atoms with Crippen molar-refractivity contribution >= 4 is 5.78 Å². The molecule has 2 aliphatic rings. The SMILES string of the molecule is CC1CN(CC2(O)CCCCC2)CCC1=O. The lowest BCUT2D eigenvalue weighted by molar-refractivity contribution is -0.127. The van der Waals surface area contributed by atoms with E-state index in [-0.39, 0.29) is 5.92 Å². The standard InChI is InChI=1S/C13H23NO2/c1-11-9-14(8-5-12(11)15)10-13(16)6-3-2-4-7-13/h11,16H,2-10H2,1H3. The van der Waals surface area contributed by atoms with Gasteiger partial charge in [0.1, 0.15) is 5.78 Å². The molecule has 0 aromatic carbocycles. The van der Waals surface area contributed by atoms with Gasteiger partial charge in [-0.3, -0.25) is 9.69 Å². The fourth-order valence-electron chi connectivity index (χ4n) is 3.02. The summed E-state index contributed by atoms with van der Waals surface area (Å²) in [5.41, 5.74) is -0.474. The van der Waals surface area contributed by atoms with Crippen LogP contribution in [-0.2, 0) is 4.79 Å². The minimum Gasteiger partial charge on any atom is -0.389 e. The molecule has 92 valence electrons. The Labute approximate surface area is 97.8 Å². The fourth-order valence-corrected chi connectivity index (χ4v) is 3.02. The number of likely N-dealkylation sites (tertiary alicyclic amines) is 1. The summed E-state index contributed by atoms with van der Waals surface area (Å²) >= 11 is 0. The van der Waals surface area contributed by atoms with Crippen LogP contribution in [0.2, 0.25) is 0 Å². The third kappa shape index (κ3) is 2.83. The van der Waals surface area contributed by atoms with E-state index in [1.54, 1.807) is 0 Å². The van der Waals surface area contributed by atoms with E-state index in [0.717, 1.165) is 45.3 Å². The first-order valence-corrected chi connectivity index (χ1v) is 6.56. The highest BCUT2D eigenvalue weighted by molar-refractivity contribution is 5.81. The van der Waals surface area contributed by atoms with E-state index >= 15 is 0 Å². The van der Waals surface area contributed by atoms with Crippen molar-refractivity contribution in [3.63, 3.8) is 0 Å². The molecule has 0 aromatic heterocycles. The van der Waals surface area contributed by atoms with Crippen LogP contribution in [0.4, 0.5) is 0 Å². The second-order valence-electron chi connectivity index (χ2n) is 5.64. The van der Waals surface area contributed by atoms with Crippen molar-refractivity contribution in [2.24, 2.45) is 5.92 Å². The van der Waals surface area contributed by atoms with Gasteiger partial charge in [-0.25, -0.2) is 0 Å². The summed E-state index contributed by atoms with van der Waals surface area (Å²) in [6, 6.07) is 0. The first-order valence-electron chi connectivity index (χ1n) is 6.56. The Bertz CT molecular complexity index is 259. The zero-order valence-corrected chi connectivity index (χ0v) is 10.2. The summed E-state index contributed by atoms with van der Waals surface area (Å²) in [6.45, 7) is 4.44. The number of carbonyl (C=O) groups excluding carboxylic acids is 1. The van der Waals surface area contributed by atoms with Crippen LogP contribution < -0.4 is 0 Å². The molecule has 2 rings (SSSR count). The number of nitrogens with zero attached hydrogens (tertiary/aromatic N) is 1. The first kappa shape index (κ1) is 12.1. The minimum atomic E-state index is -0.474. The molecule has 1 atom stereocenters. The molecule has 3 nitrogen and oxygen atoms in total. The Balaban J connectivity index is 1.87. The number of Topliss-reactive ketones (excluding diaryl/α,β-unsaturated/α-hetero) is 1. The zero-order valence-electron chi connectivity index (χ0n) is 10.2. The van der Waals surface area contributed by atoms with Gasteiger partial charge in [0.15, 0.2) is 0 Å². The summed E-state index contributed by atoms with van der Waals surface area (Å²) in [5, 5.41) is 10.4. The van der Waals surface area contributed by atoms with Crippen LogP contribution in [0.15, 0.2) is 0 Å². The number of hydrogen-bond acceptors (Lipinski definition) is 3. The molecule has 1 heterocycles. The summed E-state index contributed by atoms with van der Waals surface area (Å²) < 4.78 is 0. The number of β-amino-alcohol motifs (C(OH)–C–C–N with tert-alkyl or cyclic N) is 1. The number of rotatable bonds is 2. The number of hydrogen-bond donors (Lipinski definition) is 1. The maximum atomic E-state index is 11.4. The molecular formula is C13H23NO2. The van der Waals surface area contributed by atoms with Crippen LogP contribution in [0.25, 0.3) is 0 Å². The maximum absolute atomic E-state index is 11.4. The lowest BCUT2D eigenvalue weighted by Crippen LogP contribution is -2.49. The van der Waals surface area contributed by atoms with Gasteiger partial charge >= 0.3 is 0 Å². The average molecular weight is 225 g/mol. The second kappa shape index (κ2) is 4.84. The topological polar surface area (TPSA) is 40.5 Å². The van der Waals surface area contributed by atoms with E-state index in [1.807, 2.05) is 6.92 Å². The van der Waals surface area contributed by atoms with E-state index in [4.69, 9.17) is 0 Å². The third-order valence-corrected chi connectivity index (χ3v) is 4.06. The smallest absolute Gasteiger partial charge is 0.138 e. The molecule has 1 saturated heterocycles. The molecular weight excluding hydrogens is 202 g/mol. The lowest BCUT2D eigenvalue weighted by Gasteiger charge is -2.39. The van der Waals surface area contributed by atoms with Crippen LogP contribution in [0, 0.1) is 5.92 Å². The van der Waals surface area contributed by atoms with E-state index in [0.29, 0.717) is 12.2 Å². The van der Waals surface area contributed by atoms with Crippen LogP contribution in [0.3, 0.4) is 0 Å². The van der Waals surface area contributed by atoms with Gasteiger partial charge in [0.2, 0.25) is 0 Å². The van der Waals surface area contributed by atoms with Crippen molar-refractivity contribution in [1.82, 2.24) is 4.90 Å². The van der Waals surface area contributed by atoms with Gasteiger partial charge in [0, 0.05) is 32.0 Å². The third-order valence-electron chi connectivity index (χ3n) is 4.06. The molecule has 0 aromatic rings. The Morgan fingerprint density at radius 1 is 1.38 bits per heavy atom. The number of ketones is 1. The molecule has 2 fully saturated rings. The van der Waals surface area contributed by atoms with Crippen LogP contribution >= 0.6 is 0 Å². The van der Waals surface area contributed by atoms with Crippen LogP contribution in [-0.4, -0.2) is 41.0 Å². The van der Waals surface area contributed by atoms with Crippen molar-refractivity contribution in [2.75, 3.05) is 19.6 Å². The summed E-state index contributed by atoms with van der Waals surface area (Å²) in [5.74, 6) is 0.535. The quantitative estimate of drug-likeness (QED) is 0.776. The largest absolute Gasteiger partial charge is 0.389 e. The molecule has 16 heavy (non-hydrogen) atoms. The van der Waals surface area contributed by atoms with E-state index < -0.39 is 5.60 Å². The summed E-state index contributed by atoms with van der Waals surface area (Å²) in [7, 11) is 0. The minimum absolute atomic E-state index is 0.154. The van der Waals surface area contributed by atoms with Gasteiger partial charge < -0.3 is 5.11 Å². The Hall–Kier alpha value is -0.410. The van der Waals surface area contributed by atoms with Crippen molar-refractivity contribution in [1.29, 1.82) is 0 Å². The van der Waals surface area contributed by atoms with Gasteiger partial charge in [-0.2, -0.15) is 0 Å². The predicted molar refractivity (Wildman–Crippen MR) is 63.3 cm³/mol. The van der Waals surface area contributed by atoms with E-state index in [2.05, 4.69) is 4.90 Å². The molecule has 1 saturated carbocycles. The molecule has 1 aliphatic carbocycles. The highest BCUT2D eigenvalue weighted by Gasteiger charge is 2.33. The Morgan fingerprint density at radius 2 is 2.06 bits per heavy atom. The van der Waals surface area contributed by atoms with Gasteiger partial charge in [0.25, 0.3) is 0 Å². The van der Waals surface area contributed by atoms with E-state index in [1.165, 1.54) is 6.42 Å². The average Bonchev–Trinajstić information content (AvgIpc) is 2.24. The normalized spacial score (nSPS) is 31.6. The highest BCUT2D eigenvalue weighted by atomic mass is 16.3. The van der Waals surface area contributed by atoms with Crippen molar-refractivity contribution in [2.45, 2.75) is 51.0 Å². The van der Waals surface area contributed by atoms with Crippen molar-refractivity contribution in [3.8, 4) is 0 Å². The molecule has 0 radical (unpaired) electrons. The first-order chi connectivity index (χ1) is 7.59. The number of carbonyl (C=O) groups is 1.